The standard InChI is InChI=1S/C22H32N4O3/c1-21(2,11-27)26-20-23-10-16(18(25-20)13-3-4-13)19(28)24-17-14-5-12-6-15(17)9-22(29,7-12)8-14/h10,12-15,17,27,29H,3-9,11H2,1-2H3,(H,24,28)(H,23,25,26)/t12?,14?,15?,17-,22+. The Bertz CT molecular complexity index is 806. The quantitative estimate of drug-likeness (QED) is 0.583. The van der Waals surface area contributed by atoms with Crippen LogP contribution in [0.4, 0.5) is 5.95 Å². The smallest absolute Gasteiger partial charge is 0.254 e. The Hall–Kier alpha value is -1.73. The van der Waals surface area contributed by atoms with Crippen molar-refractivity contribution < 1.29 is 15.0 Å². The van der Waals surface area contributed by atoms with Crippen LogP contribution in [-0.4, -0.2) is 49.9 Å². The van der Waals surface area contributed by atoms with Gasteiger partial charge in [0, 0.05) is 18.2 Å². The maximum Gasteiger partial charge on any atom is 0.254 e. The van der Waals surface area contributed by atoms with Gasteiger partial charge in [-0.3, -0.25) is 4.79 Å². The van der Waals surface area contributed by atoms with Gasteiger partial charge in [-0.15, -0.1) is 0 Å². The summed E-state index contributed by atoms with van der Waals surface area (Å²) in [6.45, 7) is 3.73. The van der Waals surface area contributed by atoms with Crippen LogP contribution in [0.1, 0.15) is 80.8 Å². The third-order valence-corrected chi connectivity index (χ3v) is 7.41. The van der Waals surface area contributed by atoms with Crippen LogP contribution in [0.15, 0.2) is 6.20 Å². The zero-order valence-corrected chi connectivity index (χ0v) is 17.3. The third kappa shape index (κ3) is 3.63. The average Bonchev–Trinajstić information content (AvgIpc) is 3.48. The fourth-order valence-electron chi connectivity index (χ4n) is 6.09. The topological polar surface area (TPSA) is 107 Å². The molecule has 7 nitrogen and oxygen atoms in total. The summed E-state index contributed by atoms with van der Waals surface area (Å²) in [6.07, 6.45) is 8.54. The van der Waals surface area contributed by atoms with Crippen molar-refractivity contribution >= 4 is 11.9 Å². The normalized spacial score (nSPS) is 35.6. The first-order valence-corrected chi connectivity index (χ1v) is 11.0. The van der Waals surface area contributed by atoms with Gasteiger partial charge in [-0.1, -0.05) is 0 Å². The van der Waals surface area contributed by atoms with E-state index in [2.05, 4.69) is 20.6 Å². The predicted octanol–water partition coefficient (Wildman–Crippen LogP) is 2.21. The highest BCUT2D eigenvalue weighted by atomic mass is 16.3. The Morgan fingerprint density at radius 2 is 1.93 bits per heavy atom. The van der Waals surface area contributed by atoms with Crippen molar-refractivity contribution in [2.24, 2.45) is 17.8 Å². The van der Waals surface area contributed by atoms with E-state index in [-0.39, 0.29) is 18.6 Å². The molecule has 158 valence electrons. The van der Waals surface area contributed by atoms with Gasteiger partial charge in [0.2, 0.25) is 5.95 Å². The number of aromatic nitrogens is 2. The SMILES string of the molecule is CC(C)(CO)Nc1ncc(C(=O)N[C@H]2C3CC4CC2C[C@@](O)(C4)C3)c(C2CC2)n1. The minimum atomic E-state index is -0.523. The molecule has 7 heteroatoms. The highest BCUT2D eigenvalue weighted by molar-refractivity contribution is 5.95. The lowest BCUT2D eigenvalue weighted by Gasteiger charge is -2.58. The molecule has 5 fully saturated rings. The molecule has 0 spiro atoms. The van der Waals surface area contributed by atoms with Crippen molar-refractivity contribution in [3.63, 3.8) is 0 Å². The number of anilines is 1. The molecule has 6 rings (SSSR count). The largest absolute Gasteiger partial charge is 0.394 e. The molecule has 1 heterocycles. The van der Waals surface area contributed by atoms with Crippen molar-refractivity contribution in [2.45, 2.75) is 81.9 Å². The third-order valence-electron chi connectivity index (χ3n) is 7.41. The summed E-state index contributed by atoms with van der Waals surface area (Å²) in [5, 5.41) is 26.7. The first kappa shape index (κ1) is 19.2. The molecule has 29 heavy (non-hydrogen) atoms. The minimum absolute atomic E-state index is 0.0326. The van der Waals surface area contributed by atoms with E-state index >= 15 is 0 Å². The van der Waals surface area contributed by atoms with Gasteiger partial charge in [0.05, 0.1) is 29.0 Å². The number of carbonyl (C=O) groups excluding carboxylic acids is 1. The number of nitrogens with zero attached hydrogens (tertiary/aromatic N) is 2. The molecule has 0 radical (unpaired) electrons. The minimum Gasteiger partial charge on any atom is -0.394 e. The van der Waals surface area contributed by atoms with Crippen LogP contribution in [0.5, 0.6) is 0 Å². The first-order valence-electron chi connectivity index (χ1n) is 11.0. The lowest BCUT2D eigenvalue weighted by Crippen LogP contribution is -2.61. The van der Waals surface area contributed by atoms with Crippen molar-refractivity contribution in [3.05, 3.63) is 17.5 Å². The number of hydrogen-bond acceptors (Lipinski definition) is 6. The molecule has 5 aliphatic rings. The molecule has 0 aliphatic heterocycles. The predicted molar refractivity (Wildman–Crippen MR) is 109 cm³/mol. The molecule has 5 saturated carbocycles. The fourth-order valence-corrected chi connectivity index (χ4v) is 6.09. The van der Waals surface area contributed by atoms with Crippen LogP contribution in [0.3, 0.4) is 0 Å². The van der Waals surface area contributed by atoms with Crippen LogP contribution in [0.2, 0.25) is 0 Å². The summed E-state index contributed by atoms with van der Waals surface area (Å²) >= 11 is 0. The van der Waals surface area contributed by atoms with E-state index in [0.717, 1.165) is 50.6 Å². The number of hydrogen-bond donors (Lipinski definition) is 4. The molecule has 1 amide bonds. The number of nitrogens with one attached hydrogen (secondary N) is 2. The zero-order chi connectivity index (χ0) is 20.4. The van der Waals surface area contributed by atoms with Crippen molar-refractivity contribution in [2.75, 3.05) is 11.9 Å². The molecular formula is C22H32N4O3. The van der Waals surface area contributed by atoms with Gasteiger partial charge in [0.1, 0.15) is 0 Å². The summed E-state index contributed by atoms with van der Waals surface area (Å²) in [7, 11) is 0. The Kier molecular flexibility index (Phi) is 4.41. The molecule has 0 aromatic carbocycles. The van der Waals surface area contributed by atoms with E-state index in [1.54, 1.807) is 6.20 Å². The van der Waals surface area contributed by atoms with E-state index in [9.17, 15) is 15.0 Å². The lowest BCUT2D eigenvalue weighted by atomic mass is 9.52. The van der Waals surface area contributed by atoms with Gasteiger partial charge in [-0.05, 0) is 76.5 Å². The van der Waals surface area contributed by atoms with E-state index in [0.29, 0.717) is 35.2 Å². The molecular weight excluding hydrogens is 368 g/mol. The summed E-state index contributed by atoms with van der Waals surface area (Å²) < 4.78 is 0. The van der Waals surface area contributed by atoms with Gasteiger partial charge in [-0.25, -0.2) is 9.97 Å². The van der Waals surface area contributed by atoms with Gasteiger partial charge < -0.3 is 20.8 Å². The number of rotatable bonds is 6. The van der Waals surface area contributed by atoms with Crippen molar-refractivity contribution in [1.29, 1.82) is 0 Å². The second kappa shape index (κ2) is 6.64. The second-order valence-electron chi connectivity index (χ2n) is 10.6. The molecule has 2 unspecified atom stereocenters. The highest BCUT2D eigenvalue weighted by Crippen LogP contribution is 2.55. The molecule has 4 bridgehead atoms. The van der Waals surface area contributed by atoms with E-state index < -0.39 is 11.1 Å². The molecule has 0 saturated heterocycles. The van der Waals surface area contributed by atoms with Gasteiger partial charge in [0.15, 0.2) is 0 Å². The molecule has 1 aromatic rings. The number of aliphatic hydroxyl groups is 2. The highest BCUT2D eigenvalue weighted by Gasteiger charge is 2.55. The van der Waals surface area contributed by atoms with Gasteiger partial charge in [0.25, 0.3) is 5.91 Å². The number of amides is 1. The maximum absolute atomic E-state index is 13.2. The summed E-state index contributed by atoms with van der Waals surface area (Å²) in [5.74, 6) is 2.08. The fraction of sp³-hybridized carbons (Fsp3) is 0.773. The molecule has 1 aromatic heterocycles. The Morgan fingerprint density at radius 1 is 1.24 bits per heavy atom. The van der Waals surface area contributed by atoms with Crippen LogP contribution in [0, 0.1) is 17.8 Å². The van der Waals surface area contributed by atoms with Gasteiger partial charge in [-0.2, -0.15) is 0 Å². The monoisotopic (exact) mass is 400 g/mol. The Labute approximate surface area is 171 Å². The van der Waals surface area contributed by atoms with Crippen LogP contribution >= 0.6 is 0 Å². The molecule has 5 aliphatic carbocycles. The van der Waals surface area contributed by atoms with Crippen molar-refractivity contribution in [3.8, 4) is 0 Å². The number of carbonyl (C=O) groups is 1. The Morgan fingerprint density at radius 3 is 2.52 bits per heavy atom. The van der Waals surface area contributed by atoms with E-state index in [1.807, 2.05) is 13.8 Å². The first-order chi connectivity index (χ1) is 13.8. The lowest BCUT2D eigenvalue weighted by molar-refractivity contribution is -0.136. The summed E-state index contributed by atoms with van der Waals surface area (Å²) in [5.41, 5.74) is 0.376. The van der Waals surface area contributed by atoms with Crippen LogP contribution < -0.4 is 10.6 Å². The zero-order valence-electron chi connectivity index (χ0n) is 17.3. The summed E-state index contributed by atoms with van der Waals surface area (Å²) in [6, 6.07) is 0.150. The average molecular weight is 401 g/mol. The van der Waals surface area contributed by atoms with E-state index in [1.165, 1.54) is 0 Å². The second-order valence-corrected chi connectivity index (χ2v) is 10.6. The molecule has 2 atom stereocenters. The number of aliphatic hydroxyl groups excluding tert-OH is 1. The van der Waals surface area contributed by atoms with Crippen LogP contribution in [-0.2, 0) is 0 Å². The van der Waals surface area contributed by atoms with Crippen LogP contribution in [0.25, 0.3) is 0 Å². The van der Waals surface area contributed by atoms with Crippen molar-refractivity contribution in [1.82, 2.24) is 15.3 Å². The van der Waals surface area contributed by atoms with E-state index in [4.69, 9.17) is 0 Å². The summed E-state index contributed by atoms with van der Waals surface area (Å²) in [4.78, 5) is 22.2. The van der Waals surface area contributed by atoms with Gasteiger partial charge >= 0.3 is 0 Å². The Balaban J connectivity index is 1.35. The molecule has 4 N–H and O–H groups in total. The maximum atomic E-state index is 13.2.